The average Bonchev–Trinajstić information content (AvgIpc) is 2.09. The third-order valence-electron chi connectivity index (χ3n) is 2.49. The van der Waals surface area contributed by atoms with Crippen molar-refractivity contribution in [3.05, 3.63) is 28.8 Å². The summed E-state index contributed by atoms with van der Waals surface area (Å²) >= 11 is 0. The lowest BCUT2D eigenvalue weighted by Crippen LogP contribution is -1.99. The molecule has 0 atom stereocenters. The second kappa shape index (κ2) is 4.50. The third kappa shape index (κ3) is 2.28. The molecule has 0 aliphatic rings. The van der Waals surface area contributed by atoms with Gasteiger partial charge in [0.15, 0.2) is 0 Å². The Morgan fingerprint density at radius 2 is 1.79 bits per heavy atom. The van der Waals surface area contributed by atoms with E-state index in [1.165, 1.54) is 16.7 Å². The zero-order chi connectivity index (χ0) is 10.7. The van der Waals surface area contributed by atoms with Crippen molar-refractivity contribution in [2.24, 2.45) is 0 Å². The van der Waals surface area contributed by atoms with Crippen LogP contribution in [0.5, 0.6) is 5.75 Å². The number of rotatable bonds is 3. The maximum absolute atomic E-state index is 5.58. The van der Waals surface area contributed by atoms with Crippen molar-refractivity contribution in [3.63, 3.8) is 0 Å². The van der Waals surface area contributed by atoms with Gasteiger partial charge in [-0.3, -0.25) is 0 Å². The van der Waals surface area contributed by atoms with E-state index in [4.69, 9.17) is 4.74 Å². The van der Waals surface area contributed by atoms with Crippen molar-refractivity contribution in [3.8, 4) is 5.75 Å². The van der Waals surface area contributed by atoms with E-state index in [0.717, 1.165) is 12.4 Å². The second-order valence-corrected chi connectivity index (χ2v) is 4.06. The molecule has 1 rings (SSSR count). The van der Waals surface area contributed by atoms with Gasteiger partial charge >= 0.3 is 0 Å². The van der Waals surface area contributed by atoms with Crippen molar-refractivity contribution in [2.45, 2.75) is 40.5 Å². The molecule has 1 aromatic rings. The Balaban J connectivity index is 3.13. The molecule has 78 valence electrons. The Morgan fingerprint density at radius 1 is 1.14 bits per heavy atom. The van der Waals surface area contributed by atoms with Crippen LogP contribution in [-0.2, 0) is 0 Å². The largest absolute Gasteiger partial charge is 0.494 e. The molecule has 1 nitrogen and oxygen atoms in total. The van der Waals surface area contributed by atoms with Crippen LogP contribution >= 0.6 is 0 Å². The lowest BCUT2D eigenvalue weighted by Gasteiger charge is -2.14. The first-order valence-corrected chi connectivity index (χ1v) is 5.30. The molecule has 0 amide bonds. The summed E-state index contributed by atoms with van der Waals surface area (Å²) in [7, 11) is 0. The van der Waals surface area contributed by atoms with Crippen LogP contribution in [0, 0.1) is 13.8 Å². The molecule has 0 saturated carbocycles. The normalized spacial score (nSPS) is 10.7. The van der Waals surface area contributed by atoms with Crippen LogP contribution in [-0.4, -0.2) is 6.61 Å². The second-order valence-electron chi connectivity index (χ2n) is 4.06. The van der Waals surface area contributed by atoms with Crippen LogP contribution < -0.4 is 4.74 Å². The first-order chi connectivity index (χ1) is 6.56. The van der Waals surface area contributed by atoms with Crippen molar-refractivity contribution < 1.29 is 4.74 Å². The highest BCUT2D eigenvalue weighted by molar-refractivity contribution is 5.42. The Kier molecular flexibility index (Phi) is 3.56. The Labute approximate surface area is 87.1 Å². The maximum Gasteiger partial charge on any atom is 0.122 e. The first-order valence-electron chi connectivity index (χ1n) is 5.30. The Morgan fingerprint density at radius 3 is 2.29 bits per heavy atom. The summed E-state index contributed by atoms with van der Waals surface area (Å²) in [6, 6.07) is 4.39. The number of ether oxygens (including phenoxy) is 1. The molecule has 0 bridgehead atoms. The van der Waals surface area contributed by atoms with Gasteiger partial charge in [0.1, 0.15) is 5.75 Å². The van der Waals surface area contributed by atoms with Gasteiger partial charge in [-0.2, -0.15) is 0 Å². The summed E-state index contributed by atoms with van der Waals surface area (Å²) in [6.45, 7) is 11.5. The minimum absolute atomic E-state index is 0.565. The van der Waals surface area contributed by atoms with Crippen molar-refractivity contribution in [1.29, 1.82) is 0 Å². The van der Waals surface area contributed by atoms with E-state index >= 15 is 0 Å². The van der Waals surface area contributed by atoms with Crippen molar-refractivity contribution in [1.82, 2.24) is 0 Å². The standard InChI is InChI=1S/C13H20O/c1-6-14-13-8-12(9(2)3)10(4)7-11(13)5/h7-9H,6H2,1-5H3. The molecule has 0 N–H and O–H groups in total. The fraction of sp³-hybridized carbons (Fsp3) is 0.538. The average molecular weight is 192 g/mol. The summed E-state index contributed by atoms with van der Waals surface area (Å²) in [4.78, 5) is 0. The van der Waals surface area contributed by atoms with Crippen LogP contribution in [0.15, 0.2) is 12.1 Å². The molecule has 0 fully saturated rings. The summed E-state index contributed by atoms with van der Waals surface area (Å²) < 4.78 is 5.58. The minimum atomic E-state index is 0.565. The van der Waals surface area contributed by atoms with E-state index in [1.54, 1.807) is 0 Å². The smallest absolute Gasteiger partial charge is 0.122 e. The molecule has 0 saturated heterocycles. The Bertz CT molecular complexity index is 313. The van der Waals surface area contributed by atoms with Crippen LogP contribution in [0.1, 0.15) is 43.4 Å². The van der Waals surface area contributed by atoms with Crippen LogP contribution in [0.25, 0.3) is 0 Å². The van der Waals surface area contributed by atoms with Gasteiger partial charge in [0, 0.05) is 0 Å². The van der Waals surface area contributed by atoms with Gasteiger partial charge in [-0.15, -0.1) is 0 Å². The lowest BCUT2D eigenvalue weighted by molar-refractivity contribution is 0.337. The molecule has 0 spiro atoms. The van der Waals surface area contributed by atoms with Gasteiger partial charge in [0.25, 0.3) is 0 Å². The molecular weight excluding hydrogens is 172 g/mol. The van der Waals surface area contributed by atoms with Gasteiger partial charge in [-0.25, -0.2) is 0 Å². The quantitative estimate of drug-likeness (QED) is 0.707. The summed E-state index contributed by atoms with van der Waals surface area (Å²) in [5, 5.41) is 0. The highest BCUT2D eigenvalue weighted by atomic mass is 16.5. The molecule has 0 radical (unpaired) electrons. The molecule has 0 aliphatic carbocycles. The highest BCUT2D eigenvalue weighted by Crippen LogP contribution is 2.27. The fourth-order valence-electron chi connectivity index (χ4n) is 1.78. The van der Waals surface area contributed by atoms with Crippen LogP contribution in [0.2, 0.25) is 0 Å². The van der Waals surface area contributed by atoms with E-state index in [-0.39, 0.29) is 0 Å². The molecule has 0 heterocycles. The van der Waals surface area contributed by atoms with E-state index in [0.29, 0.717) is 5.92 Å². The molecule has 14 heavy (non-hydrogen) atoms. The highest BCUT2D eigenvalue weighted by Gasteiger charge is 2.07. The van der Waals surface area contributed by atoms with E-state index < -0.39 is 0 Å². The van der Waals surface area contributed by atoms with E-state index in [2.05, 4.69) is 39.8 Å². The topological polar surface area (TPSA) is 9.23 Å². The molecule has 0 aliphatic heterocycles. The molecule has 0 unspecified atom stereocenters. The summed E-state index contributed by atoms with van der Waals surface area (Å²) in [6.07, 6.45) is 0. The summed E-state index contributed by atoms with van der Waals surface area (Å²) in [5.41, 5.74) is 3.98. The molecule has 1 heteroatoms. The summed E-state index contributed by atoms with van der Waals surface area (Å²) in [5.74, 6) is 1.59. The number of benzene rings is 1. The van der Waals surface area contributed by atoms with Gasteiger partial charge in [0.2, 0.25) is 0 Å². The van der Waals surface area contributed by atoms with Crippen LogP contribution in [0.4, 0.5) is 0 Å². The Hall–Kier alpha value is -0.980. The molecular formula is C13H20O. The number of hydrogen-bond donors (Lipinski definition) is 0. The maximum atomic E-state index is 5.58. The lowest BCUT2D eigenvalue weighted by atomic mass is 9.96. The first kappa shape index (κ1) is 11.1. The van der Waals surface area contributed by atoms with Gasteiger partial charge < -0.3 is 4.74 Å². The number of aryl methyl sites for hydroxylation is 2. The van der Waals surface area contributed by atoms with Crippen molar-refractivity contribution in [2.75, 3.05) is 6.61 Å². The monoisotopic (exact) mass is 192 g/mol. The number of hydrogen-bond acceptors (Lipinski definition) is 1. The van der Waals surface area contributed by atoms with Gasteiger partial charge in [-0.1, -0.05) is 19.9 Å². The fourth-order valence-corrected chi connectivity index (χ4v) is 1.78. The van der Waals surface area contributed by atoms with Gasteiger partial charge in [0.05, 0.1) is 6.61 Å². The predicted octanol–water partition coefficient (Wildman–Crippen LogP) is 3.83. The minimum Gasteiger partial charge on any atom is -0.494 e. The molecule has 0 aromatic heterocycles. The van der Waals surface area contributed by atoms with Crippen molar-refractivity contribution >= 4 is 0 Å². The zero-order valence-electron chi connectivity index (χ0n) is 9.85. The van der Waals surface area contributed by atoms with Gasteiger partial charge in [-0.05, 0) is 49.4 Å². The predicted molar refractivity (Wildman–Crippen MR) is 61.2 cm³/mol. The van der Waals surface area contributed by atoms with Crippen LogP contribution in [0.3, 0.4) is 0 Å². The third-order valence-corrected chi connectivity index (χ3v) is 2.49. The van der Waals surface area contributed by atoms with E-state index in [9.17, 15) is 0 Å². The SMILES string of the molecule is CCOc1cc(C(C)C)c(C)cc1C. The van der Waals surface area contributed by atoms with E-state index in [1.807, 2.05) is 6.92 Å². The zero-order valence-corrected chi connectivity index (χ0v) is 9.85. The molecule has 1 aromatic carbocycles.